The van der Waals surface area contributed by atoms with Crippen LogP contribution in [0.1, 0.15) is 43.6 Å². The Morgan fingerprint density at radius 3 is 2.72 bits per heavy atom. The summed E-state index contributed by atoms with van der Waals surface area (Å²) < 4.78 is 21.4. The molecule has 0 aliphatic carbocycles. The number of carbonyl (C=O) groups is 2. The summed E-state index contributed by atoms with van der Waals surface area (Å²) in [4.78, 5) is 42.0. The van der Waals surface area contributed by atoms with Crippen LogP contribution in [0.2, 0.25) is 0 Å². The van der Waals surface area contributed by atoms with Gasteiger partial charge < -0.3 is 23.8 Å². The van der Waals surface area contributed by atoms with Gasteiger partial charge in [-0.25, -0.2) is 19.6 Å². The van der Waals surface area contributed by atoms with Crippen molar-refractivity contribution in [1.82, 2.24) is 15.0 Å². The zero-order valence-electron chi connectivity index (χ0n) is 21.0. The van der Waals surface area contributed by atoms with Crippen LogP contribution in [-0.4, -0.2) is 79.3 Å². The van der Waals surface area contributed by atoms with Gasteiger partial charge in [-0.15, -0.1) is 0 Å². The van der Waals surface area contributed by atoms with E-state index in [2.05, 4.69) is 25.2 Å². The van der Waals surface area contributed by atoms with Gasteiger partial charge in [0.05, 0.1) is 32.1 Å². The van der Waals surface area contributed by atoms with Gasteiger partial charge in [0, 0.05) is 32.5 Å². The van der Waals surface area contributed by atoms with Gasteiger partial charge in [-0.1, -0.05) is 0 Å². The molecule has 194 valence electrons. The molecule has 2 bridgehead atoms. The number of methoxy groups -OCH3 is 2. The highest BCUT2D eigenvalue weighted by Crippen LogP contribution is 2.39. The van der Waals surface area contributed by atoms with Crippen LogP contribution in [0.3, 0.4) is 0 Å². The number of nitrogens with one attached hydrogen (secondary N) is 1. The van der Waals surface area contributed by atoms with E-state index in [1.807, 2.05) is 13.8 Å². The second kappa shape index (κ2) is 11.0. The smallest absolute Gasteiger partial charge is 0.356 e. The van der Waals surface area contributed by atoms with E-state index in [1.165, 1.54) is 13.3 Å². The standard InChI is InChI=1S/C24H32N6O6/c1-24(2,34-4)36-14-6-5-13-35-19-9-11-25-22(27-19)28-23(32)30-16-10-12-29(15-16)18-8-7-17(21(31)33-3)26-20(18)30/h7-9,11,16H,5-6,10,12-15H2,1-4H3,(H,25,27,28,32). The number of amides is 2. The molecule has 2 aromatic heterocycles. The van der Waals surface area contributed by atoms with E-state index in [0.717, 1.165) is 31.5 Å². The monoisotopic (exact) mass is 500 g/mol. The minimum atomic E-state index is -0.608. The number of unbranched alkanes of at least 4 members (excludes halogenated alkanes) is 1. The summed E-state index contributed by atoms with van der Waals surface area (Å²) in [5, 5.41) is 2.75. The van der Waals surface area contributed by atoms with Crippen LogP contribution in [0.15, 0.2) is 24.4 Å². The van der Waals surface area contributed by atoms with Crippen molar-refractivity contribution in [3.63, 3.8) is 0 Å². The number of nitrogens with zero attached hydrogens (tertiary/aromatic N) is 5. The Balaban J connectivity index is 1.38. The minimum absolute atomic E-state index is 0.0809. The maximum atomic E-state index is 13.3. The summed E-state index contributed by atoms with van der Waals surface area (Å²) in [5.41, 5.74) is 0.932. The van der Waals surface area contributed by atoms with Crippen molar-refractivity contribution in [2.75, 3.05) is 55.6 Å². The fourth-order valence-electron chi connectivity index (χ4n) is 4.09. The Hall–Kier alpha value is -3.51. The molecule has 2 aromatic rings. The Labute approximate surface area is 209 Å². The van der Waals surface area contributed by atoms with Crippen LogP contribution in [-0.2, 0) is 14.2 Å². The molecular formula is C24H32N6O6. The van der Waals surface area contributed by atoms with Gasteiger partial charge in [-0.05, 0) is 45.2 Å². The molecule has 0 aromatic carbocycles. The van der Waals surface area contributed by atoms with E-state index in [-0.39, 0.29) is 17.7 Å². The van der Waals surface area contributed by atoms with Crippen molar-refractivity contribution >= 4 is 29.5 Å². The summed E-state index contributed by atoms with van der Waals surface area (Å²) in [6, 6.07) is 4.53. The number of fused-ring (bicyclic) bond motifs is 4. The Bertz CT molecular complexity index is 1100. The van der Waals surface area contributed by atoms with Crippen LogP contribution in [0, 0.1) is 0 Å². The third-order valence-corrected chi connectivity index (χ3v) is 6.14. The van der Waals surface area contributed by atoms with E-state index >= 15 is 0 Å². The molecule has 4 heterocycles. The fraction of sp³-hybridized carbons (Fsp3) is 0.542. The van der Waals surface area contributed by atoms with Crippen molar-refractivity contribution in [3.05, 3.63) is 30.1 Å². The van der Waals surface area contributed by atoms with E-state index in [4.69, 9.17) is 18.9 Å². The van der Waals surface area contributed by atoms with E-state index < -0.39 is 17.8 Å². The lowest BCUT2D eigenvalue weighted by Crippen LogP contribution is -2.48. The van der Waals surface area contributed by atoms with Gasteiger partial charge in [0.25, 0.3) is 0 Å². The Kier molecular flexibility index (Phi) is 7.85. The number of hydrogen-bond donors (Lipinski definition) is 1. The molecule has 1 atom stereocenters. The largest absolute Gasteiger partial charge is 0.478 e. The molecule has 1 unspecified atom stereocenters. The number of rotatable bonds is 10. The summed E-state index contributed by atoms with van der Waals surface area (Å²) >= 11 is 0. The maximum absolute atomic E-state index is 13.3. The lowest BCUT2D eigenvalue weighted by atomic mass is 10.2. The zero-order valence-corrected chi connectivity index (χ0v) is 21.0. The molecule has 2 amide bonds. The van der Waals surface area contributed by atoms with Crippen molar-refractivity contribution in [3.8, 4) is 5.88 Å². The number of hydrogen-bond acceptors (Lipinski definition) is 10. The van der Waals surface area contributed by atoms with Crippen molar-refractivity contribution in [2.24, 2.45) is 0 Å². The summed E-state index contributed by atoms with van der Waals surface area (Å²) in [6.45, 7) is 6.21. The first-order valence-electron chi connectivity index (χ1n) is 11.9. The second-order valence-corrected chi connectivity index (χ2v) is 8.95. The average molecular weight is 501 g/mol. The Morgan fingerprint density at radius 1 is 1.14 bits per heavy atom. The van der Waals surface area contributed by atoms with Gasteiger partial charge in [-0.2, -0.15) is 4.98 Å². The fourth-order valence-corrected chi connectivity index (χ4v) is 4.09. The maximum Gasteiger partial charge on any atom is 0.356 e. The molecule has 36 heavy (non-hydrogen) atoms. The Morgan fingerprint density at radius 2 is 1.94 bits per heavy atom. The lowest BCUT2D eigenvalue weighted by Gasteiger charge is -2.35. The number of anilines is 3. The molecule has 1 N–H and O–H groups in total. The first-order valence-corrected chi connectivity index (χ1v) is 11.9. The molecule has 2 aliphatic rings. The summed E-state index contributed by atoms with van der Waals surface area (Å²) in [5.74, 6) is -0.282. The molecular weight excluding hydrogens is 468 g/mol. The predicted molar refractivity (Wildman–Crippen MR) is 131 cm³/mol. The highest BCUT2D eigenvalue weighted by molar-refractivity contribution is 6.04. The van der Waals surface area contributed by atoms with E-state index in [0.29, 0.717) is 31.5 Å². The molecule has 12 nitrogen and oxygen atoms in total. The number of ether oxygens (including phenoxy) is 4. The van der Waals surface area contributed by atoms with E-state index in [1.54, 1.807) is 30.2 Å². The molecule has 12 heteroatoms. The lowest BCUT2D eigenvalue weighted by molar-refractivity contribution is -0.197. The normalized spacial score (nSPS) is 16.5. The molecule has 1 saturated heterocycles. The van der Waals surface area contributed by atoms with Crippen molar-refractivity contribution in [2.45, 2.75) is 44.9 Å². The number of esters is 1. The van der Waals surface area contributed by atoms with Crippen LogP contribution in [0.4, 0.5) is 22.2 Å². The third kappa shape index (κ3) is 5.82. The highest BCUT2D eigenvalue weighted by Gasteiger charge is 2.40. The van der Waals surface area contributed by atoms with Gasteiger partial charge >= 0.3 is 12.0 Å². The number of carbonyl (C=O) groups excluding carboxylic acids is 2. The summed E-state index contributed by atoms with van der Waals surface area (Å²) in [6.07, 6.45) is 3.88. The van der Waals surface area contributed by atoms with E-state index in [9.17, 15) is 9.59 Å². The van der Waals surface area contributed by atoms with Gasteiger partial charge in [-0.3, -0.25) is 10.2 Å². The van der Waals surface area contributed by atoms with Crippen LogP contribution >= 0.6 is 0 Å². The molecule has 2 aliphatic heterocycles. The number of aromatic nitrogens is 3. The molecule has 0 saturated carbocycles. The third-order valence-electron chi connectivity index (χ3n) is 6.14. The van der Waals surface area contributed by atoms with Crippen LogP contribution < -0.4 is 19.9 Å². The second-order valence-electron chi connectivity index (χ2n) is 8.95. The molecule has 0 radical (unpaired) electrons. The predicted octanol–water partition coefficient (Wildman–Crippen LogP) is 2.85. The quantitative estimate of drug-likeness (QED) is 0.295. The number of pyridine rings is 1. The van der Waals surface area contributed by atoms with Crippen LogP contribution in [0.5, 0.6) is 5.88 Å². The highest BCUT2D eigenvalue weighted by atomic mass is 16.7. The van der Waals surface area contributed by atoms with Gasteiger partial charge in [0.15, 0.2) is 17.3 Å². The van der Waals surface area contributed by atoms with Gasteiger partial charge in [0.1, 0.15) is 0 Å². The zero-order chi connectivity index (χ0) is 25.7. The molecule has 1 fully saturated rings. The van der Waals surface area contributed by atoms with Crippen LogP contribution in [0.25, 0.3) is 0 Å². The van der Waals surface area contributed by atoms with Crippen molar-refractivity contribution < 1.29 is 28.5 Å². The minimum Gasteiger partial charge on any atom is -0.478 e. The number of urea groups is 1. The summed E-state index contributed by atoms with van der Waals surface area (Å²) in [7, 11) is 2.90. The van der Waals surface area contributed by atoms with Crippen molar-refractivity contribution in [1.29, 1.82) is 0 Å². The molecule has 0 spiro atoms. The topological polar surface area (TPSA) is 128 Å². The SMILES string of the molecule is COC(=O)c1ccc2c(n1)N(C(=O)Nc1nccc(OCCCCOC(C)(C)OC)n1)C1CCN2C1. The molecule has 4 rings (SSSR count). The first-order chi connectivity index (χ1) is 17.3. The average Bonchev–Trinajstić information content (AvgIpc) is 3.29. The first kappa shape index (κ1) is 25.6. The van der Waals surface area contributed by atoms with Gasteiger partial charge in [0.2, 0.25) is 11.8 Å².